The van der Waals surface area contributed by atoms with Crippen molar-refractivity contribution in [1.82, 2.24) is 5.32 Å². The van der Waals surface area contributed by atoms with Gasteiger partial charge in [-0.3, -0.25) is 4.79 Å². The summed E-state index contributed by atoms with van der Waals surface area (Å²) in [6.07, 6.45) is 0. The van der Waals surface area contributed by atoms with Gasteiger partial charge in [-0.15, -0.1) is 11.6 Å². The number of benzene rings is 2. The Labute approximate surface area is 130 Å². The van der Waals surface area contributed by atoms with Crippen molar-refractivity contribution in [3.8, 4) is 5.75 Å². The van der Waals surface area contributed by atoms with Crippen LogP contribution in [-0.4, -0.2) is 18.6 Å². The van der Waals surface area contributed by atoms with Crippen LogP contribution in [0.2, 0.25) is 0 Å². The number of carbonyl (C=O) groups excluding carboxylic acids is 1. The number of fused-ring (bicyclic) bond motifs is 1. The van der Waals surface area contributed by atoms with Gasteiger partial charge in [0.05, 0.1) is 7.11 Å². The number of alkyl halides is 1. The molecule has 0 saturated heterocycles. The van der Waals surface area contributed by atoms with Gasteiger partial charge in [0.2, 0.25) is 5.91 Å². The van der Waals surface area contributed by atoms with E-state index in [1.165, 1.54) is 0 Å². The molecule has 0 aliphatic heterocycles. The van der Waals surface area contributed by atoms with Crippen LogP contribution < -0.4 is 10.1 Å². The van der Waals surface area contributed by atoms with Gasteiger partial charge in [-0.2, -0.15) is 0 Å². The fourth-order valence-corrected chi connectivity index (χ4v) is 2.30. The molecule has 0 saturated carbocycles. The predicted octanol–water partition coefficient (Wildman–Crippen LogP) is 4.04. The lowest BCUT2D eigenvalue weighted by atomic mass is 10.0. The van der Waals surface area contributed by atoms with E-state index in [1.54, 1.807) is 7.11 Å². The minimum atomic E-state index is -0.698. The Morgan fingerprint density at radius 1 is 1.14 bits per heavy atom. The van der Waals surface area contributed by atoms with Crippen molar-refractivity contribution in [3.05, 3.63) is 42.0 Å². The summed E-state index contributed by atoms with van der Waals surface area (Å²) in [5.74, 6) is 0.625. The summed E-state index contributed by atoms with van der Waals surface area (Å²) >= 11 is 6.28. The highest BCUT2D eigenvalue weighted by atomic mass is 35.5. The monoisotopic (exact) mass is 305 g/mol. The summed E-state index contributed by atoms with van der Waals surface area (Å²) in [4.78, 5) is 12.1. The maximum Gasteiger partial charge on any atom is 0.243 e. The minimum Gasteiger partial charge on any atom is -0.497 e. The van der Waals surface area contributed by atoms with E-state index in [0.717, 1.165) is 22.1 Å². The number of carbonyl (C=O) groups is 1. The summed E-state index contributed by atoms with van der Waals surface area (Å²) in [6, 6.07) is 11.6. The molecule has 2 aromatic rings. The number of ether oxygens (including phenoxy) is 1. The Kier molecular flexibility index (Phi) is 4.43. The van der Waals surface area contributed by atoms with Crippen molar-refractivity contribution >= 4 is 28.3 Å². The smallest absolute Gasteiger partial charge is 0.243 e. The summed E-state index contributed by atoms with van der Waals surface area (Å²) in [6.45, 7) is 5.80. The third kappa shape index (κ3) is 3.88. The molecule has 4 heteroatoms. The number of hydrogen-bond acceptors (Lipinski definition) is 2. The quantitative estimate of drug-likeness (QED) is 0.869. The van der Waals surface area contributed by atoms with Crippen LogP contribution >= 0.6 is 11.6 Å². The first-order chi connectivity index (χ1) is 9.80. The van der Waals surface area contributed by atoms with E-state index in [1.807, 2.05) is 57.2 Å². The number of nitrogens with one attached hydrogen (secondary N) is 1. The lowest BCUT2D eigenvalue weighted by Gasteiger charge is -2.22. The first-order valence-corrected chi connectivity index (χ1v) is 7.27. The molecule has 0 aliphatic carbocycles. The molecule has 21 heavy (non-hydrogen) atoms. The van der Waals surface area contributed by atoms with E-state index in [0.29, 0.717) is 0 Å². The number of amides is 1. The highest BCUT2D eigenvalue weighted by Crippen LogP contribution is 2.27. The number of hydrogen-bond donors (Lipinski definition) is 1. The highest BCUT2D eigenvalue weighted by Gasteiger charge is 2.22. The molecular formula is C17H20ClNO2. The molecule has 3 nitrogen and oxygen atoms in total. The second-order valence-corrected chi connectivity index (χ2v) is 6.51. The molecule has 1 atom stereocenters. The molecule has 0 radical (unpaired) electrons. The van der Waals surface area contributed by atoms with E-state index in [2.05, 4.69) is 5.32 Å². The number of rotatable bonds is 3. The number of halogens is 1. The fourth-order valence-electron chi connectivity index (χ4n) is 2.11. The third-order valence-corrected chi connectivity index (χ3v) is 3.54. The first kappa shape index (κ1) is 15.6. The lowest BCUT2D eigenvalue weighted by Crippen LogP contribution is -2.42. The summed E-state index contributed by atoms with van der Waals surface area (Å²) in [5.41, 5.74) is 0.491. The average molecular weight is 306 g/mol. The van der Waals surface area contributed by atoms with Crippen molar-refractivity contribution in [2.24, 2.45) is 0 Å². The van der Waals surface area contributed by atoms with Crippen molar-refractivity contribution in [1.29, 1.82) is 0 Å². The van der Waals surface area contributed by atoms with E-state index in [4.69, 9.17) is 16.3 Å². The van der Waals surface area contributed by atoms with Crippen molar-refractivity contribution in [2.45, 2.75) is 31.7 Å². The summed E-state index contributed by atoms with van der Waals surface area (Å²) in [5, 5.41) is 4.28. The molecule has 0 bridgehead atoms. The molecule has 0 aliphatic rings. The normalized spacial score (nSPS) is 13.0. The number of methoxy groups -OCH3 is 1. The van der Waals surface area contributed by atoms with Crippen molar-refractivity contribution in [2.75, 3.05) is 7.11 Å². The van der Waals surface area contributed by atoms with E-state index >= 15 is 0 Å². The van der Waals surface area contributed by atoms with Crippen LogP contribution in [0.4, 0.5) is 0 Å². The van der Waals surface area contributed by atoms with Gasteiger partial charge in [-0.05, 0) is 55.3 Å². The Morgan fingerprint density at radius 3 is 2.38 bits per heavy atom. The van der Waals surface area contributed by atoms with Crippen LogP contribution in [0.15, 0.2) is 36.4 Å². The Hall–Kier alpha value is -1.74. The summed E-state index contributed by atoms with van der Waals surface area (Å²) < 4.78 is 5.20. The zero-order chi connectivity index (χ0) is 15.6. The van der Waals surface area contributed by atoms with Crippen LogP contribution in [0, 0.1) is 0 Å². The van der Waals surface area contributed by atoms with Gasteiger partial charge in [0.1, 0.15) is 11.1 Å². The second-order valence-electron chi connectivity index (χ2n) is 6.07. The minimum absolute atomic E-state index is 0.183. The summed E-state index contributed by atoms with van der Waals surface area (Å²) in [7, 11) is 1.64. The zero-order valence-corrected chi connectivity index (χ0v) is 13.5. The van der Waals surface area contributed by atoms with Crippen LogP contribution in [0.5, 0.6) is 5.75 Å². The third-order valence-electron chi connectivity index (χ3n) is 3.09. The van der Waals surface area contributed by atoms with Gasteiger partial charge in [-0.25, -0.2) is 0 Å². The Bertz CT molecular complexity index is 661. The van der Waals surface area contributed by atoms with Crippen LogP contribution in [0.3, 0.4) is 0 Å². The molecule has 1 amide bonds. The SMILES string of the molecule is COc1ccc2cc(C(Cl)C(=O)NC(C)(C)C)ccc2c1. The molecule has 0 aromatic heterocycles. The molecule has 2 rings (SSSR count). The van der Waals surface area contributed by atoms with E-state index < -0.39 is 5.38 Å². The van der Waals surface area contributed by atoms with E-state index in [-0.39, 0.29) is 11.4 Å². The largest absolute Gasteiger partial charge is 0.497 e. The second kappa shape index (κ2) is 5.94. The van der Waals surface area contributed by atoms with Crippen molar-refractivity contribution in [3.63, 3.8) is 0 Å². The van der Waals surface area contributed by atoms with E-state index in [9.17, 15) is 4.79 Å². The Morgan fingerprint density at radius 2 is 1.76 bits per heavy atom. The van der Waals surface area contributed by atoms with Gasteiger partial charge in [0.25, 0.3) is 0 Å². The molecule has 0 spiro atoms. The van der Waals surface area contributed by atoms with Gasteiger partial charge in [-0.1, -0.05) is 18.2 Å². The maximum atomic E-state index is 12.1. The van der Waals surface area contributed by atoms with Crippen molar-refractivity contribution < 1.29 is 9.53 Å². The molecular weight excluding hydrogens is 286 g/mol. The molecule has 0 heterocycles. The molecule has 112 valence electrons. The van der Waals surface area contributed by atoms with Gasteiger partial charge in [0.15, 0.2) is 0 Å². The van der Waals surface area contributed by atoms with Crippen LogP contribution in [-0.2, 0) is 4.79 Å². The van der Waals surface area contributed by atoms with Gasteiger partial charge >= 0.3 is 0 Å². The molecule has 0 fully saturated rings. The van der Waals surface area contributed by atoms with Crippen LogP contribution in [0.1, 0.15) is 31.7 Å². The molecule has 1 unspecified atom stereocenters. The first-order valence-electron chi connectivity index (χ1n) is 6.84. The highest BCUT2D eigenvalue weighted by molar-refractivity contribution is 6.31. The zero-order valence-electron chi connectivity index (χ0n) is 12.7. The van der Waals surface area contributed by atoms with Gasteiger partial charge in [0, 0.05) is 5.54 Å². The Balaban J connectivity index is 2.28. The molecule has 2 aromatic carbocycles. The van der Waals surface area contributed by atoms with Gasteiger partial charge < -0.3 is 10.1 Å². The average Bonchev–Trinajstić information content (AvgIpc) is 2.43. The van der Waals surface area contributed by atoms with Crippen LogP contribution in [0.25, 0.3) is 10.8 Å². The standard InChI is InChI=1S/C17H20ClNO2/c1-17(2,3)19-16(20)15(18)13-6-5-12-10-14(21-4)8-7-11(12)9-13/h5-10,15H,1-4H3,(H,19,20). The fraction of sp³-hybridized carbons (Fsp3) is 0.353. The maximum absolute atomic E-state index is 12.1. The predicted molar refractivity (Wildman–Crippen MR) is 87.0 cm³/mol. The topological polar surface area (TPSA) is 38.3 Å². The molecule has 1 N–H and O–H groups in total. The lowest BCUT2D eigenvalue weighted by molar-refractivity contribution is -0.122.